The number of nitrogens with zero attached hydrogens (tertiary/aromatic N) is 1. The summed E-state index contributed by atoms with van der Waals surface area (Å²) in [7, 11) is 0. The van der Waals surface area contributed by atoms with Gasteiger partial charge in [-0.05, 0) is 25.0 Å². The van der Waals surface area contributed by atoms with Gasteiger partial charge in [-0.3, -0.25) is 4.79 Å². The van der Waals surface area contributed by atoms with Gasteiger partial charge in [0, 0.05) is 28.5 Å². The lowest BCUT2D eigenvalue weighted by atomic mass is 9.82. The minimum absolute atomic E-state index is 0.457. The van der Waals surface area contributed by atoms with Crippen molar-refractivity contribution in [3.63, 3.8) is 0 Å². The largest absolute Gasteiger partial charge is 0.481 e. The number of nitrogens with one attached hydrogen (secondary N) is 1. The summed E-state index contributed by atoms with van der Waals surface area (Å²) in [4.78, 5) is 16.1. The molecule has 6 heteroatoms. The third kappa shape index (κ3) is 4.40. The van der Waals surface area contributed by atoms with E-state index in [4.69, 9.17) is 0 Å². The first kappa shape index (κ1) is 18.1. The van der Waals surface area contributed by atoms with Crippen LogP contribution < -0.4 is 5.32 Å². The minimum atomic E-state index is -0.733. The van der Waals surface area contributed by atoms with Gasteiger partial charge in [0.15, 0.2) is 0 Å². The molecule has 0 aliphatic heterocycles. The van der Waals surface area contributed by atoms with E-state index in [1.807, 2.05) is 43.5 Å². The standard InChI is InChI=1S/C17H21BrN2O2S/c1-3-17(4-2,16(21)22)11-19-9-14-10-23-15(20-14)12-6-5-7-13(18)8-12/h5-8,10,19H,3-4,9,11H2,1-2H3,(H,21,22). The molecule has 2 aromatic rings. The number of aliphatic carboxylic acids is 1. The highest BCUT2D eigenvalue weighted by Gasteiger charge is 2.34. The predicted molar refractivity (Wildman–Crippen MR) is 97.6 cm³/mol. The quantitative estimate of drug-likeness (QED) is 0.686. The molecule has 0 spiro atoms. The molecule has 2 rings (SSSR count). The molecule has 0 fully saturated rings. The second-order valence-electron chi connectivity index (χ2n) is 5.55. The fourth-order valence-electron chi connectivity index (χ4n) is 2.45. The van der Waals surface area contributed by atoms with Crippen molar-refractivity contribution in [2.75, 3.05) is 6.54 Å². The first-order valence-electron chi connectivity index (χ1n) is 7.65. The van der Waals surface area contributed by atoms with Crippen LogP contribution in [0.15, 0.2) is 34.1 Å². The van der Waals surface area contributed by atoms with Gasteiger partial charge in [-0.25, -0.2) is 4.98 Å². The molecular weight excluding hydrogens is 376 g/mol. The molecule has 0 atom stereocenters. The number of halogens is 1. The second kappa shape index (κ2) is 8.04. The molecule has 1 aromatic carbocycles. The van der Waals surface area contributed by atoms with Crippen molar-refractivity contribution in [1.82, 2.24) is 10.3 Å². The van der Waals surface area contributed by atoms with Crippen molar-refractivity contribution >= 4 is 33.2 Å². The summed E-state index contributed by atoms with van der Waals surface area (Å²) in [5, 5.41) is 15.7. The number of carboxylic acid groups (broad SMARTS) is 1. The number of hydrogen-bond donors (Lipinski definition) is 2. The third-order valence-corrected chi connectivity index (χ3v) is 5.63. The van der Waals surface area contributed by atoms with E-state index in [9.17, 15) is 9.90 Å². The van der Waals surface area contributed by atoms with Gasteiger partial charge in [0.1, 0.15) is 5.01 Å². The molecule has 0 amide bonds. The molecule has 0 bridgehead atoms. The second-order valence-corrected chi connectivity index (χ2v) is 7.32. The van der Waals surface area contributed by atoms with Crippen molar-refractivity contribution in [3.8, 4) is 10.6 Å². The predicted octanol–water partition coefficient (Wildman–Crippen LogP) is 4.55. The fraction of sp³-hybridized carbons (Fsp3) is 0.412. The van der Waals surface area contributed by atoms with Gasteiger partial charge in [-0.1, -0.05) is 41.9 Å². The molecule has 23 heavy (non-hydrogen) atoms. The molecule has 4 nitrogen and oxygen atoms in total. The van der Waals surface area contributed by atoms with Crippen LogP contribution in [-0.4, -0.2) is 22.6 Å². The van der Waals surface area contributed by atoms with E-state index in [0.717, 1.165) is 20.7 Å². The van der Waals surface area contributed by atoms with Crippen molar-refractivity contribution in [1.29, 1.82) is 0 Å². The van der Waals surface area contributed by atoms with Crippen LogP contribution in [0.3, 0.4) is 0 Å². The highest BCUT2D eigenvalue weighted by Crippen LogP contribution is 2.27. The van der Waals surface area contributed by atoms with E-state index >= 15 is 0 Å². The lowest BCUT2D eigenvalue weighted by molar-refractivity contribution is -0.149. The Balaban J connectivity index is 1.99. The van der Waals surface area contributed by atoms with E-state index in [1.54, 1.807) is 11.3 Å². The Morgan fingerprint density at radius 2 is 2.13 bits per heavy atom. The lowest BCUT2D eigenvalue weighted by Gasteiger charge is -2.26. The topological polar surface area (TPSA) is 62.2 Å². The Labute approximate surface area is 149 Å². The summed E-state index contributed by atoms with van der Waals surface area (Å²) in [5.41, 5.74) is 1.33. The molecule has 1 heterocycles. The number of thiazole rings is 1. The number of hydrogen-bond acceptors (Lipinski definition) is 4. The van der Waals surface area contributed by atoms with Crippen LogP contribution in [0.4, 0.5) is 0 Å². The van der Waals surface area contributed by atoms with Crippen LogP contribution in [0.5, 0.6) is 0 Å². The zero-order valence-electron chi connectivity index (χ0n) is 13.3. The molecule has 0 aliphatic carbocycles. The Kier molecular flexibility index (Phi) is 6.33. The smallest absolute Gasteiger partial charge is 0.310 e. The highest BCUT2D eigenvalue weighted by atomic mass is 79.9. The van der Waals surface area contributed by atoms with Crippen LogP contribution in [-0.2, 0) is 11.3 Å². The Hall–Kier alpha value is -1.24. The average Bonchev–Trinajstić information content (AvgIpc) is 3.00. The Morgan fingerprint density at radius 3 is 2.74 bits per heavy atom. The van der Waals surface area contributed by atoms with E-state index in [2.05, 4.69) is 26.2 Å². The summed E-state index contributed by atoms with van der Waals surface area (Å²) < 4.78 is 1.03. The summed E-state index contributed by atoms with van der Waals surface area (Å²) in [5.74, 6) is -0.733. The molecule has 124 valence electrons. The molecular formula is C17H21BrN2O2S. The van der Waals surface area contributed by atoms with Crippen LogP contribution in [0.1, 0.15) is 32.4 Å². The van der Waals surface area contributed by atoms with Gasteiger partial charge in [-0.2, -0.15) is 0 Å². The first-order chi connectivity index (χ1) is 11.0. The van der Waals surface area contributed by atoms with Crippen LogP contribution in [0.2, 0.25) is 0 Å². The fourth-order valence-corrected chi connectivity index (χ4v) is 3.67. The van der Waals surface area contributed by atoms with Crippen molar-refractivity contribution < 1.29 is 9.90 Å². The Bertz CT molecular complexity index is 668. The van der Waals surface area contributed by atoms with E-state index in [1.165, 1.54) is 0 Å². The maximum Gasteiger partial charge on any atom is 0.310 e. The first-order valence-corrected chi connectivity index (χ1v) is 9.32. The van der Waals surface area contributed by atoms with Crippen molar-refractivity contribution in [3.05, 3.63) is 39.8 Å². The van der Waals surface area contributed by atoms with Crippen LogP contribution in [0.25, 0.3) is 10.6 Å². The van der Waals surface area contributed by atoms with E-state index in [-0.39, 0.29) is 0 Å². The molecule has 0 saturated heterocycles. The summed E-state index contributed by atoms with van der Waals surface area (Å²) in [6, 6.07) is 8.05. The van der Waals surface area contributed by atoms with Gasteiger partial charge in [0.2, 0.25) is 0 Å². The van der Waals surface area contributed by atoms with Gasteiger partial charge in [0.05, 0.1) is 11.1 Å². The number of carbonyl (C=O) groups is 1. The summed E-state index contributed by atoms with van der Waals surface area (Å²) >= 11 is 5.07. The normalized spacial score (nSPS) is 11.6. The lowest BCUT2D eigenvalue weighted by Crippen LogP contribution is -2.40. The maximum atomic E-state index is 11.5. The number of carboxylic acids is 1. The molecule has 2 N–H and O–H groups in total. The SMILES string of the molecule is CCC(CC)(CNCc1csc(-c2cccc(Br)c2)n1)C(=O)O. The maximum absolute atomic E-state index is 11.5. The summed E-state index contributed by atoms with van der Waals surface area (Å²) in [6.45, 7) is 4.89. The van der Waals surface area contributed by atoms with Crippen LogP contribution in [0, 0.1) is 5.41 Å². The molecule has 0 saturated carbocycles. The zero-order chi connectivity index (χ0) is 16.9. The monoisotopic (exact) mass is 396 g/mol. The van der Waals surface area contributed by atoms with E-state index < -0.39 is 11.4 Å². The summed E-state index contributed by atoms with van der Waals surface area (Å²) in [6.07, 6.45) is 1.23. The van der Waals surface area contributed by atoms with Crippen molar-refractivity contribution in [2.24, 2.45) is 5.41 Å². The molecule has 0 aliphatic rings. The number of aromatic nitrogens is 1. The van der Waals surface area contributed by atoms with Gasteiger partial charge >= 0.3 is 5.97 Å². The number of rotatable bonds is 8. The highest BCUT2D eigenvalue weighted by molar-refractivity contribution is 9.10. The Morgan fingerprint density at radius 1 is 1.39 bits per heavy atom. The molecule has 0 unspecified atom stereocenters. The van der Waals surface area contributed by atoms with Crippen LogP contribution >= 0.6 is 27.3 Å². The molecule has 1 aromatic heterocycles. The van der Waals surface area contributed by atoms with Gasteiger partial charge < -0.3 is 10.4 Å². The van der Waals surface area contributed by atoms with E-state index in [0.29, 0.717) is 25.9 Å². The third-order valence-electron chi connectivity index (χ3n) is 4.20. The van der Waals surface area contributed by atoms with Gasteiger partial charge in [-0.15, -0.1) is 11.3 Å². The zero-order valence-corrected chi connectivity index (χ0v) is 15.7. The number of benzene rings is 1. The minimum Gasteiger partial charge on any atom is -0.481 e. The van der Waals surface area contributed by atoms with Crippen molar-refractivity contribution in [2.45, 2.75) is 33.2 Å². The molecule has 0 radical (unpaired) electrons. The average molecular weight is 397 g/mol. The van der Waals surface area contributed by atoms with Gasteiger partial charge in [0.25, 0.3) is 0 Å².